The molecule has 112 valence electrons. The van der Waals surface area contributed by atoms with Crippen LogP contribution in [-0.4, -0.2) is 7.05 Å². The molecule has 21 heavy (non-hydrogen) atoms. The first-order valence-corrected chi connectivity index (χ1v) is 8.50. The lowest BCUT2D eigenvalue weighted by Crippen LogP contribution is -2.27. The number of hydrogen-bond donors (Lipinski definition) is 1. The van der Waals surface area contributed by atoms with Crippen molar-refractivity contribution in [1.29, 1.82) is 0 Å². The standard InChI is InChI=1S/C18H22FNS/c1-11-9-12(2)17(15(19)10-11)18(20-3)14-5-4-6-16-13(14)7-8-21-16/h7-10,14,18,20H,4-6H2,1-3H3. The van der Waals surface area contributed by atoms with Gasteiger partial charge in [0.1, 0.15) is 5.82 Å². The van der Waals surface area contributed by atoms with Gasteiger partial charge in [-0.25, -0.2) is 4.39 Å². The highest BCUT2D eigenvalue weighted by atomic mass is 32.1. The minimum absolute atomic E-state index is 0.0549. The van der Waals surface area contributed by atoms with Crippen LogP contribution in [0.2, 0.25) is 0 Å². The van der Waals surface area contributed by atoms with E-state index in [0.717, 1.165) is 23.1 Å². The third kappa shape index (κ3) is 2.65. The number of hydrogen-bond acceptors (Lipinski definition) is 2. The smallest absolute Gasteiger partial charge is 0.128 e. The number of benzene rings is 1. The van der Waals surface area contributed by atoms with Gasteiger partial charge >= 0.3 is 0 Å². The molecule has 0 saturated heterocycles. The quantitative estimate of drug-likeness (QED) is 0.851. The Kier molecular flexibility index (Phi) is 4.14. The summed E-state index contributed by atoms with van der Waals surface area (Å²) in [6, 6.07) is 6.03. The molecule has 0 fully saturated rings. The van der Waals surface area contributed by atoms with Crippen LogP contribution in [0.4, 0.5) is 4.39 Å². The average molecular weight is 303 g/mol. The molecule has 1 aromatic heterocycles. The first kappa shape index (κ1) is 14.7. The largest absolute Gasteiger partial charge is 0.312 e. The Balaban J connectivity index is 2.05. The van der Waals surface area contributed by atoms with E-state index in [9.17, 15) is 4.39 Å². The van der Waals surface area contributed by atoms with Gasteiger partial charge in [-0.1, -0.05) is 6.07 Å². The summed E-state index contributed by atoms with van der Waals surface area (Å²) in [5, 5.41) is 5.56. The van der Waals surface area contributed by atoms with Crippen molar-refractivity contribution in [3.05, 3.63) is 56.5 Å². The Morgan fingerprint density at radius 1 is 1.33 bits per heavy atom. The minimum atomic E-state index is -0.0748. The van der Waals surface area contributed by atoms with E-state index in [1.54, 1.807) is 6.07 Å². The molecule has 1 N–H and O–H groups in total. The van der Waals surface area contributed by atoms with Gasteiger partial charge in [0, 0.05) is 22.4 Å². The van der Waals surface area contributed by atoms with E-state index < -0.39 is 0 Å². The van der Waals surface area contributed by atoms with Crippen molar-refractivity contribution in [1.82, 2.24) is 5.32 Å². The van der Waals surface area contributed by atoms with Crippen molar-refractivity contribution in [2.45, 2.75) is 45.1 Å². The second-order valence-electron chi connectivity index (χ2n) is 6.04. The number of rotatable bonds is 3. The Bertz CT molecular complexity index is 623. The molecule has 0 bridgehead atoms. The maximum atomic E-state index is 14.6. The van der Waals surface area contributed by atoms with Gasteiger partial charge in [-0.3, -0.25) is 0 Å². The fraction of sp³-hybridized carbons (Fsp3) is 0.444. The molecule has 3 heteroatoms. The molecule has 1 nitrogen and oxygen atoms in total. The second kappa shape index (κ2) is 5.90. The maximum absolute atomic E-state index is 14.6. The predicted octanol–water partition coefficient (Wildman–Crippen LogP) is 4.88. The molecule has 0 aliphatic heterocycles. The Morgan fingerprint density at radius 3 is 2.86 bits per heavy atom. The molecule has 3 rings (SSSR count). The molecule has 1 aromatic carbocycles. The van der Waals surface area contributed by atoms with Crippen molar-refractivity contribution in [3.63, 3.8) is 0 Å². The van der Waals surface area contributed by atoms with Crippen molar-refractivity contribution in [2.24, 2.45) is 0 Å². The Morgan fingerprint density at radius 2 is 2.14 bits per heavy atom. The number of nitrogens with one attached hydrogen (secondary N) is 1. The van der Waals surface area contributed by atoms with E-state index >= 15 is 0 Å². The number of aryl methyl sites for hydroxylation is 3. The van der Waals surface area contributed by atoms with Crippen molar-refractivity contribution < 1.29 is 4.39 Å². The molecule has 2 atom stereocenters. The van der Waals surface area contributed by atoms with Gasteiger partial charge in [0.2, 0.25) is 0 Å². The van der Waals surface area contributed by atoms with Gasteiger partial charge in [0.05, 0.1) is 0 Å². The van der Waals surface area contributed by atoms with Crippen LogP contribution in [-0.2, 0) is 6.42 Å². The topological polar surface area (TPSA) is 12.0 Å². The van der Waals surface area contributed by atoms with Crippen LogP contribution < -0.4 is 5.32 Å². The molecule has 0 amide bonds. The Labute approximate surface area is 130 Å². The van der Waals surface area contributed by atoms with Gasteiger partial charge in [-0.05, 0) is 74.4 Å². The molecular weight excluding hydrogens is 281 g/mol. The van der Waals surface area contributed by atoms with E-state index in [1.165, 1.54) is 23.3 Å². The summed E-state index contributed by atoms with van der Waals surface area (Å²) in [7, 11) is 1.95. The molecular formula is C18H22FNS. The molecule has 0 radical (unpaired) electrons. The number of fused-ring (bicyclic) bond motifs is 1. The summed E-state index contributed by atoms with van der Waals surface area (Å²) in [6.07, 6.45) is 3.50. The van der Waals surface area contributed by atoms with Gasteiger partial charge in [-0.15, -0.1) is 11.3 Å². The lowest BCUT2D eigenvalue weighted by atomic mass is 9.78. The first-order chi connectivity index (χ1) is 10.1. The van der Waals surface area contributed by atoms with Crippen molar-refractivity contribution in [2.75, 3.05) is 7.05 Å². The van der Waals surface area contributed by atoms with E-state index in [2.05, 4.69) is 22.8 Å². The zero-order valence-electron chi connectivity index (χ0n) is 12.9. The van der Waals surface area contributed by atoms with Gasteiger partial charge < -0.3 is 5.32 Å². The van der Waals surface area contributed by atoms with E-state index in [0.29, 0.717) is 5.92 Å². The SMILES string of the molecule is CNC(c1c(C)cc(C)cc1F)C1CCCc2sccc21. The molecule has 0 spiro atoms. The van der Waals surface area contributed by atoms with Crippen LogP contribution in [0.5, 0.6) is 0 Å². The second-order valence-corrected chi connectivity index (χ2v) is 7.04. The fourth-order valence-electron chi connectivity index (χ4n) is 3.74. The average Bonchev–Trinajstić information content (AvgIpc) is 2.91. The zero-order valence-corrected chi connectivity index (χ0v) is 13.7. The fourth-order valence-corrected chi connectivity index (χ4v) is 4.73. The highest BCUT2D eigenvalue weighted by Gasteiger charge is 2.31. The lowest BCUT2D eigenvalue weighted by molar-refractivity contribution is 0.412. The predicted molar refractivity (Wildman–Crippen MR) is 87.7 cm³/mol. The van der Waals surface area contributed by atoms with Gasteiger partial charge in [0.25, 0.3) is 0 Å². The summed E-state index contributed by atoms with van der Waals surface area (Å²) in [5.41, 5.74) is 4.30. The summed E-state index contributed by atoms with van der Waals surface area (Å²) < 4.78 is 14.6. The Hall–Kier alpha value is -1.19. The van der Waals surface area contributed by atoms with Crippen LogP contribution in [0.1, 0.15) is 51.9 Å². The summed E-state index contributed by atoms with van der Waals surface area (Å²) in [6.45, 7) is 3.97. The molecule has 1 aliphatic carbocycles. The van der Waals surface area contributed by atoms with Crippen LogP contribution >= 0.6 is 11.3 Å². The highest BCUT2D eigenvalue weighted by molar-refractivity contribution is 7.10. The van der Waals surface area contributed by atoms with E-state index in [1.807, 2.05) is 32.2 Å². The van der Waals surface area contributed by atoms with Crippen LogP contribution in [0.25, 0.3) is 0 Å². The minimum Gasteiger partial charge on any atom is -0.312 e. The van der Waals surface area contributed by atoms with Crippen molar-refractivity contribution >= 4 is 11.3 Å². The number of likely N-dealkylation sites (N-methyl/N-ethyl adjacent to an activating group) is 1. The highest BCUT2D eigenvalue weighted by Crippen LogP contribution is 2.43. The first-order valence-electron chi connectivity index (χ1n) is 7.62. The molecule has 1 aliphatic rings. The van der Waals surface area contributed by atoms with Crippen LogP contribution in [0.15, 0.2) is 23.6 Å². The third-order valence-corrected chi connectivity index (χ3v) is 5.60. The molecule has 2 aromatic rings. The normalized spacial score (nSPS) is 19.3. The zero-order chi connectivity index (χ0) is 15.0. The van der Waals surface area contributed by atoms with Gasteiger partial charge in [0.15, 0.2) is 0 Å². The molecule has 1 heterocycles. The van der Waals surface area contributed by atoms with Gasteiger partial charge in [-0.2, -0.15) is 0 Å². The van der Waals surface area contributed by atoms with Crippen LogP contribution in [0.3, 0.4) is 0 Å². The molecule has 0 saturated carbocycles. The monoisotopic (exact) mass is 303 g/mol. The van der Waals surface area contributed by atoms with E-state index in [-0.39, 0.29) is 11.9 Å². The number of thiophene rings is 1. The van der Waals surface area contributed by atoms with E-state index in [4.69, 9.17) is 0 Å². The summed E-state index contributed by atoms with van der Waals surface area (Å²) in [4.78, 5) is 1.48. The summed E-state index contributed by atoms with van der Waals surface area (Å²) >= 11 is 1.84. The third-order valence-electron chi connectivity index (χ3n) is 4.60. The van der Waals surface area contributed by atoms with Crippen molar-refractivity contribution in [3.8, 4) is 0 Å². The van der Waals surface area contributed by atoms with Crippen LogP contribution in [0, 0.1) is 19.7 Å². The maximum Gasteiger partial charge on any atom is 0.128 e. The summed E-state index contributed by atoms with van der Waals surface area (Å²) in [5.74, 6) is 0.301. The number of halogens is 1. The lowest BCUT2D eigenvalue weighted by Gasteiger charge is -2.32. The molecule has 2 unspecified atom stereocenters.